The van der Waals surface area contributed by atoms with Crippen LogP contribution in [0.25, 0.3) is 0 Å². The number of hydrogen-bond donors (Lipinski definition) is 1. The summed E-state index contributed by atoms with van der Waals surface area (Å²) in [6, 6.07) is 9.88. The Hall–Kier alpha value is -2.08. The van der Waals surface area contributed by atoms with Crippen molar-refractivity contribution in [3.05, 3.63) is 35.9 Å². The van der Waals surface area contributed by atoms with Crippen molar-refractivity contribution in [1.82, 2.24) is 9.80 Å². The summed E-state index contributed by atoms with van der Waals surface area (Å²) in [5, 5.41) is 9.14. The van der Waals surface area contributed by atoms with Gasteiger partial charge in [0.1, 0.15) is 6.61 Å². The second kappa shape index (κ2) is 7.00. The van der Waals surface area contributed by atoms with Crippen molar-refractivity contribution in [2.75, 3.05) is 26.2 Å². The normalized spacial score (nSPS) is 24.8. The van der Waals surface area contributed by atoms with E-state index in [1.165, 1.54) is 0 Å². The van der Waals surface area contributed by atoms with Crippen LogP contribution in [0.3, 0.4) is 0 Å². The predicted octanol–water partition coefficient (Wildman–Crippen LogP) is 1.80. The number of aliphatic carboxylic acids is 1. The van der Waals surface area contributed by atoms with Crippen LogP contribution in [0.15, 0.2) is 30.3 Å². The number of amides is 1. The van der Waals surface area contributed by atoms with Gasteiger partial charge in [-0.15, -0.1) is 0 Å². The summed E-state index contributed by atoms with van der Waals surface area (Å²) in [7, 11) is 0. The van der Waals surface area contributed by atoms with Gasteiger partial charge >= 0.3 is 12.1 Å². The third kappa shape index (κ3) is 3.82. The lowest BCUT2D eigenvalue weighted by molar-refractivity contribution is -0.144. The number of hydrogen-bond acceptors (Lipinski definition) is 4. The van der Waals surface area contributed by atoms with E-state index in [0.717, 1.165) is 18.5 Å². The topological polar surface area (TPSA) is 70.1 Å². The highest BCUT2D eigenvalue weighted by molar-refractivity contribution is 5.70. The number of carbonyl (C=O) groups is 2. The first-order chi connectivity index (χ1) is 11.1. The molecule has 6 heteroatoms. The van der Waals surface area contributed by atoms with Crippen LogP contribution in [0.2, 0.25) is 0 Å². The van der Waals surface area contributed by atoms with E-state index in [4.69, 9.17) is 9.84 Å². The van der Waals surface area contributed by atoms with Crippen LogP contribution >= 0.6 is 0 Å². The minimum Gasteiger partial charge on any atom is -0.481 e. The van der Waals surface area contributed by atoms with E-state index in [2.05, 4.69) is 4.90 Å². The van der Waals surface area contributed by atoms with Gasteiger partial charge in [0.05, 0.1) is 5.92 Å². The summed E-state index contributed by atoms with van der Waals surface area (Å²) in [6.07, 6.45) is 1.22. The molecule has 2 aliphatic rings. The van der Waals surface area contributed by atoms with Gasteiger partial charge in [-0.2, -0.15) is 0 Å². The molecule has 124 valence electrons. The van der Waals surface area contributed by atoms with Crippen molar-refractivity contribution in [2.24, 2.45) is 5.92 Å². The molecule has 0 radical (unpaired) electrons. The molecule has 2 aliphatic heterocycles. The van der Waals surface area contributed by atoms with Gasteiger partial charge in [0.25, 0.3) is 0 Å². The number of carboxylic acid groups (broad SMARTS) is 1. The Balaban J connectivity index is 1.49. The molecular formula is C17H22N2O4. The molecule has 1 aromatic rings. The Kier molecular flexibility index (Phi) is 4.81. The zero-order chi connectivity index (χ0) is 16.2. The average Bonchev–Trinajstić information content (AvgIpc) is 2.59. The summed E-state index contributed by atoms with van der Waals surface area (Å²) in [5.41, 5.74) is 0.974. The van der Waals surface area contributed by atoms with Gasteiger partial charge in [-0.05, 0) is 18.4 Å². The van der Waals surface area contributed by atoms with E-state index < -0.39 is 5.97 Å². The van der Waals surface area contributed by atoms with Gasteiger partial charge in [0.15, 0.2) is 0 Å². The van der Waals surface area contributed by atoms with Crippen molar-refractivity contribution in [3.63, 3.8) is 0 Å². The molecule has 1 aromatic carbocycles. The fourth-order valence-corrected chi connectivity index (χ4v) is 3.35. The van der Waals surface area contributed by atoms with Gasteiger partial charge in [-0.3, -0.25) is 9.69 Å². The van der Waals surface area contributed by atoms with E-state index in [0.29, 0.717) is 26.1 Å². The lowest BCUT2D eigenvalue weighted by atomic mass is 9.91. The second-order valence-electron chi connectivity index (χ2n) is 6.25. The van der Waals surface area contributed by atoms with Crippen LogP contribution in [0.5, 0.6) is 0 Å². The molecule has 0 spiro atoms. The highest BCUT2D eigenvalue weighted by Gasteiger charge is 2.36. The molecule has 1 amide bonds. The number of nitrogens with zero attached hydrogens (tertiary/aromatic N) is 2. The average molecular weight is 318 g/mol. The van der Waals surface area contributed by atoms with Crippen LogP contribution in [-0.4, -0.2) is 59.2 Å². The van der Waals surface area contributed by atoms with E-state index in [1.807, 2.05) is 30.3 Å². The van der Waals surface area contributed by atoms with Gasteiger partial charge in [-0.1, -0.05) is 30.3 Å². The number of ether oxygens (including phenoxy) is 1. The summed E-state index contributed by atoms with van der Waals surface area (Å²) in [6.45, 7) is 2.81. The molecule has 2 heterocycles. The number of rotatable bonds is 3. The number of benzene rings is 1. The zero-order valence-electron chi connectivity index (χ0n) is 13.1. The van der Waals surface area contributed by atoms with E-state index >= 15 is 0 Å². The molecular weight excluding hydrogens is 296 g/mol. The van der Waals surface area contributed by atoms with E-state index in [9.17, 15) is 9.59 Å². The van der Waals surface area contributed by atoms with Gasteiger partial charge < -0.3 is 14.7 Å². The Labute approximate surface area is 135 Å². The summed E-state index contributed by atoms with van der Waals surface area (Å²) in [4.78, 5) is 27.3. The van der Waals surface area contributed by atoms with Crippen LogP contribution in [0.4, 0.5) is 4.79 Å². The Morgan fingerprint density at radius 3 is 2.65 bits per heavy atom. The Morgan fingerprint density at radius 1 is 1.13 bits per heavy atom. The zero-order valence-corrected chi connectivity index (χ0v) is 13.1. The fraction of sp³-hybridized carbons (Fsp3) is 0.529. The van der Waals surface area contributed by atoms with Gasteiger partial charge in [0.2, 0.25) is 0 Å². The van der Waals surface area contributed by atoms with Crippen molar-refractivity contribution in [3.8, 4) is 0 Å². The first-order valence-electron chi connectivity index (χ1n) is 8.06. The van der Waals surface area contributed by atoms with Crippen molar-refractivity contribution in [2.45, 2.75) is 25.5 Å². The number of carboxylic acids is 1. The highest BCUT2D eigenvalue weighted by Crippen LogP contribution is 2.25. The number of carbonyl (C=O) groups excluding carboxylic acids is 1. The van der Waals surface area contributed by atoms with Crippen LogP contribution in [-0.2, 0) is 16.1 Å². The quantitative estimate of drug-likeness (QED) is 0.920. The smallest absolute Gasteiger partial charge is 0.410 e. The van der Waals surface area contributed by atoms with Gasteiger partial charge in [-0.25, -0.2) is 4.79 Å². The van der Waals surface area contributed by atoms with E-state index in [1.54, 1.807) is 4.90 Å². The van der Waals surface area contributed by atoms with Crippen molar-refractivity contribution >= 4 is 12.1 Å². The fourth-order valence-electron chi connectivity index (χ4n) is 3.35. The van der Waals surface area contributed by atoms with Crippen molar-refractivity contribution in [1.29, 1.82) is 0 Å². The molecule has 0 unspecified atom stereocenters. The first-order valence-corrected chi connectivity index (χ1v) is 8.06. The summed E-state index contributed by atoms with van der Waals surface area (Å²) < 4.78 is 5.38. The minimum absolute atomic E-state index is 0.253. The molecule has 0 saturated carbocycles. The third-order valence-electron chi connectivity index (χ3n) is 4.72. The Bertz CT molecular complexity index is 563. The summed E-state index contributed by atoms with van der Waals surface area (Å²) >= 11 is 0. The maximum atomic E-state index is 12.2. The van der Waals surface area contributed by atoms with Crippen LogP contribution < -0.4 is 0 Å². The number of piperidine rings is 1. The van der Waals surface area contributed by atoms with Crippen LogP contribution in [0.1, 0.15) is 18.4 Å². The maximum absolute atomic E-state index is 12.2. The lowest BCUT2D eigenvalue weighted by Gasteiger charge is -2.45. The molecule has 6 nitrogen and oxygen atoms in total. The van der Waals surface area contributed by atoms with E-state index in [-0.39, 0.29) is 24.7 Å². The third-order valence-corrected chi connectivity index (χ3v) is 4.72. The molecule has 2 atom stereocenters. The number of piperazine rings is 1. The number of fused-ring (bicyclic) bond motifs is 1. The lowest BCUT2D eigenvalue weighted by Crippen LogP contribution is -2.58. The molecule has 0 aromatic heterocycles. The Morgan fingerprint density at radius 2 is 1.91 bits per heavy atom. The van der Waals surface area contributed by atoms with Crippen LogP contribution in [0, 0.1) is 5.92 Å². The monoisotopic (exact) mass is 318 g/mol. The SMILES string of the molecule is O=C(O)[C@@H]1CC[C@@H]2CN(C(=O)OCc3ccccc3)CCN2C1. The molecule has 2 fully saturated rings. The predicted molar refractivity (Wildman–Crippen MR) is 83.9 cm³/mol. The molecule has 3 rings (SSSR count). The standard InChI is InChI=1S/C17H22N2O4/c20-16(21)14-6-7-15-11-19(9-8-18(15)10-14)17(22)23-12-13-4-2-1-3-5-13/h1-5,14-15H,6-12H2,(H,20,21)/t14-,15-/m1/s1. The van der Waals surface area contributed by atoms with Gasteiger partial charge in [0, 0.05) is 32.2 Å². The maximum Gasteiger partial charge on any atom is 0.410 e. The largest absolute Gasteiger partial charge is 0.481 e. The first kappa shape index (κ1) is 15.8. The molecule has 2 saturated heterocycles. The minimum atomic E-state index is -0.715. The molecule has 0 aliphatic carbocycles. The second-order valence-corrected chi connectivity index (χ2v) is 6.25. The molecule has 1 N–H and O–H groups in total. The summed E-state index contributed by atoms with van der Waals surface area (Å²) in [5.74, 6) is -0.990. The molecule has 0 bridgehead atoms. The van der Waals surface area contributed by atoms with Crippen molar-refractivity contribution < 1.29 is 19.4 Å². The molecule has 23 heavy (non-hydrogen) atoms. The highest BCUT2D eigenvalue weighted by atomic mass is 16.6.